The number of fused-ring (bicyclic) bond motifs is 1. The first-order chi connectivity index (χ1) is 27.0. The molecule has 320 valence electrons. The molecule has 4 rings (SSSR count). The van der Waals surface area contributed by atoms with Crippen LogP contribution in [0.3, 0.4) is 0 Å². The molecule has 0 saturated carbocycles. The number of aliphatic hydroxyl groups is 1. The minimum atomic E-state index is -1.14. The number of para-hydroxylation sites is 1. The number of hydrogen-bond acceptors (Lipinski definition) is 10. The Hall–Kier alpha value is -3.45. The van der Waals surface area contributed by atoms with Crippen LogP contribution < -0.4 is 0 Å². The molecule has 2 aliphatic heterocycles. The van der Waals surface area contributed by atoms with Crippen molar-refractivity contribution in [3.8, 4) is 0 Å². The first kappa shape index (κ1) is 47.9. The van der Waals surface area contributed by atoms with Gasteiger partial charge in [-0.25, -0.2) is 4.79 Å². The van der Waals surface area contributed by atoms with Gasteiger partial charge in [0.15, 0.2) is 12.1 Å². The monoisotopic (exact) mass is 798 g/mol. The largest absolute Gasteiger partial charge is 0.465 e. The maximum Gasteiger partial charge on any atom is 0.407 e. The summed E-state index contributed by atoms with van der Waals surface area (Å²) < 4.78 is 18.5. The molecule has 1 amide bonds. The number of esters is 1. The van der Waals surface area contributed by atoms with Crippen LogP contribution in [0.5, 0.6) is 0 Å². The number of cyclic esters (lactones) is 1. The molecule has 2 N–H and O–H groups in total. The molecule has 3 heterocycles. The van der Waals surface area contributed by atoms with Crippen molar-refractivity contribution in [2.24, 2.45) is 29.6 Å². The van der Waals surface area contributed by atoms with Gasteiger partial charge in [-0.1, -0.05) is 73.1 Å². The van der Waals surface area contributed by atoms with Crippen LogP contribution in [0.2, 0.25) is 0 Å². The Bertz CT molecular complexity index is 1600. The maximum absolute atomic E-state index is 14.3. The van der Waals surface area contributed by atoms with Gasteiger partial charge >= 0.3 is 12.1 Å². The standard InChI is InChI=1S/C42H63N3O9.C3H8/c1-10-31-23-34(45(42(50)51)20-14-13-15-30-18-19-43-33-17-12-11-16-32(30)33)27(5)36(46)24(2)21-25(3)39(28(6)37(47)29(7)40(49)53-31)54-41-38(48)35(44(8)9)22-26(4)52-41;1-3-2/h11-12,16-19,24-29,31,34-35,38-39,41,48H,10,13-15,20-23H2,1-9H3,(H,50,51);3H2,1-2H3/t24-,25+,26-,27-,28+,29-,31-,34+,35+,38-,39+,41+;/m1./s1. The van der Waals surface area contributed by atoms with Gasteiger partial charge in [0, 0.05) is 54.4 Å². The van der Waals surface area contributed by atoms with Crippen molar-refractivity contribution >= 4 is 34.5 Å². The molecule has 0 unspecified atom stereocenters. The summed E-state index contributed by atoms with van der Waals surface area (Å²) in [4.78, 5) is 62.5. The number of carbonyl (C=O) groups excluding carboxylic acids is 3. The highest BCUT2D eigenvalue weighted by Crippen LogP contribution is 2.34. The van der Waals surface area contributed by atoms with E-state index in [9.17, 15) is 29.4 Å². The fourth-order valence-corrected chi connectivity index (χ4v) is 8.48. The number of nitrogens with zero attached hydrogens (tertiary/aromatic N) is 3. The SMILES string of the molecule is CCC.CC[C@@H]1C[C@H](N(CCCCc2ccnc3ccccc23)C(=O)O)[C@@H](C)C(=O)[C@H](C)C[C@H](C)[C@H](O[C@@H]2O[C@H](C)C[C@H](N(C)C)[C@H]2O)[C@@H](C)C(=O)[C@@H](C)C(=O)O1. The van der Waals surface area contributed by atoms with E-state index in [4.69, 9.17) is 14.2 Å². The molecule has 0 radical (unpaired) electrons. The third kappa shape index (κ3) is 12.8. The number of pyridine rings is 1. The number of aryl methyl sites for hydroxylation is 1. The summed E-state index contributed by atoms with van der Waals surface area (Å²) >= 11 is 0. The lowest BCUT2D eigenvalue weighted by Gasteiger charge is -2.44. The molecular formula is C45H71N3O9. The number of carbonyl (C=O) groups is 4. The van der Waals surface area contributed by atoms with Crippen LogP contribution >= 0.6 is 0 Å². The smallest absolute Gasteiger partial charge is 0.407 e. The van der Waals surface area contributed by atoms with Gasteiger partial charge in [-0.2, -0.15) is 0 Å². The number of unbranched alkanes of at least 4 members (excludes halogenated alkanes) is 1. The van der Waals surface area contributed by atoms with Gasteiger partial charge < -0.3 is 34.2 Å². The van der Waals surface area contributed by atoms with Crippen molar-refractivity contribution in [2.75, 3.05) is 20.6 Å². The summed E-state index contributed by atoms with van der Waals surface area (Å²) in [5.74, 6) is -4.65. The Balaban J connectivity index is 0.00000281. The highest BCUT2D eigenvalue weighted by atomic mass is 16.7. The van der Waals surface area contributed by atoms with Crippen molar-refractivity contribution in [3.63, 3.8) is 0 Å². The van der Waals surface area contributed by atoms with E-state index >= 15 is 0 Å². The molecule has 12 heteroatoms. The molecule has 0 aliphatic carbocycles. The summed E-state index contributed by atoms with van der Waals surface area (Å²) in [5.41, 5.74) is 2.05. The number of carboxylic acid groups (broad SMARTS) is 1. The zero-order valence-corrected chi connectivity index (χ0v) is 36.4. The molecule has 12 atom stereocenters. The van der Waals surface area contributed by atoms with Crippen molar-refractivity contribution in [3.05, 3.63) is 42.1 Å². The predicted octanol–water partition coefficient (Wildman–Crippen LogP) is 7.57. The minimum absolute atomic E-state index is 0.110. The third-order valence-electron chi connectivity index (χ3n) is 11.8. The number of likely N-dealkylation sites (N-methyl/N-ethyl adjacent to an activating group) is 1. The Morgan fingerprint density at radius 1 is 0.895 bits per heavy atom. The van der Waals surface area contributed by atoms with Gasteiger partial charge in [-0.3, -0.25) is 19.4 Å². The van der Waals surface area contributed by atoms with Gasteiger partial charge in [0.25, 0.3) is 0 Å². The lowest BCUT2D eigenvalue weighted by Crippen LogP contribution is -2.56. The first-order valence-electron chi connectivity index (χ1n) is 21.2. The van der Waals surface area contributed by atoms with Gasteiger partial charge in [0.05, 0.1) is 17.7 Å². The number of amides is 1. The van der Waals surface area contributed by atoms with E-state index in [2.05, 4.69) is 18.8 Å². The molecule has 2 aliphatic rings. The summed E-state index contributed by atoms with van der Waals surface area (Å²) in [6.45, 7) is 17.0. The topological polar surface area (TPSA) is 156 Å². The zero-order valence-electron chi connectivity index (χ0n) is 36.4. The quantitative estimate of drug-likeness (QED) is 0.139. The van der Waals surface area contributed by atoms with Gasteiger partial charge in [-0.15, -0.1) is 0 Å². The van der Waals surface area contributed by atoms with Crippen molar-refractivity contribution in [1.29, 1.82) is 0 Å². The van der Waals surface area contributed by atoms with Crippen molar-refractivity contribution < 1.29 is 43.6 Å². The van der Waals surface area contributed by atoms with E-state index in [1.165, 1.54) is 18.2 Å². The normalized spacial score (nSPS) is 31.9. The molecule has 12 nitrogen and oxygen atoms in total. The van der Waals surface area contributed by atoms with Gasteiger partial charge in [0.1, 0.15) is 23.9 Å². The Morgan fingerprint density at radius 3 is 2.19 bits per heavy atom. The predicted molar refractivity (Wildman–Crippen MR) is 222 cm³/mol. The van der Waals surface area contributed by atoms with E-state index < -0.39 is 66.4 Å². The molecular weight excluding hydrogens is 727 g/mol. The summed E-state index contributed by atoms with van der Waals surface area (Å²) in [6, 6.07) is 8.93. The van der Waals surface area contributed by atoms with Crippen LogP contribution in [-0.4, -0.2) is 112 Å². The molecule has 1 aromatic heterocycles. The summed E-state index contributed by atoms with van der Waals surface area (Å²) in [6.07, 6.45) is 1.65. The lowest BCUT2D eigenvalue weighted by atomic mass is 9.78. The lowest BCUT2D eigenvalue weighted by molar-refractivity contribution is -0.278. The molecule has 2 fully saturated rings. The molecule has 0 spiro atoms. The van der Waals surface area contributed by atoms with E-state index in [1.54, 1.807) is 20.0 Å². The summed E-state index contributed by atoms with van der Waals surface area (Å²) in [7, 11) is 3.77. The second-order valence-corrected chi connectivity index (χ2v) is 16.8. The third-order valence-corrected chi connectivity index (χ3v) is 11.8. The van der Waals surface area contributed by atoms with Crippen LogP contribution in [0, 0.1) is 29.6 Å². The van der Waals surface area contributed by atoms with Crippen LogP contribution in [0.25, 0.3) is 10.9 Å². The average Bonchev–Trinajstić information content (AvgIpc) is 3.17. The number of benzene rings is 1. The molecule has 57 heavy (non-hydrogen) atoms. The molecule has 2 aromatic rings. The number of rotatable bonds is 10. The molecule has 0 bridgehead atoms. The van der Waals surface area contributed by atoms with Crippen LogP contribution in [0.15, 0.2) is 36.5 Å². The van der Waals surface area contributed by atoms with E-state index in [1.807, 2.05) is 77.0 Å². The zero-order chi connectivity index (χ0) is 42.6. The highest BCUT2D eigenvalue weighted by Gasteiger charge is 2.45. The number of aromatic nitrogens is 1. The summed E-state index contributed by atoms with van der Waals surface area (Å²) in [5, 5.41) is 22.9. The number of hydrogen-bond donors (Lipinski definition) is 2. The fraction of sp³-hybridized carbons (Fsp3) is 0.711. The van der Waals surface area contributed by atoms with Crippen LogP contribution in [0.1, 0.15) is 113 Å². The van der Waals surface area contributed by atoms with Crippen molar-refractivity contribution in [1.82, 2.24) is 14.8 Å². The maximum atomic E-state index is 14.3. The second kappa shape index (κ2) is 22.6. The van der Waals surface area contributed by atoms with Crippen LogP contribution in [0.4, 0.5) is 4.79 Å². The Morgan fingerprint density at radius 2 is 1.56 bits per heavy atom. The number of ether oxygens (including phenoxy) is 3. The fourth-order valence-electron chi connectivity index (χ4n) is 8.48. The highest BCUT2D eigenvalue weighted by molar-refractivity contribution is 6.00. The number of ketones is 2. The molecule has 2 saturated heterocycles. The van der Waals surface area contributed by atoms with Crippen molar-refractivity contribution in [2.45, 2.75) is 156 Å². The Labute approximate surface area is 341 Å². The van der Waals surface area contributed by atoms with Gasteiger partial charge in [-0.05, 0) is 90.1 Å². The van der Waals surface area contributed by atoms with E-state index in [0.717, 1.165) is 29.3 Å². The molecule has 1 aromatic carbocycles. The first-order valence-corrected chi connectivity index (χ1v) is 21.2. The van der Waals surface area contributed by atoms with Gasteiger partial charge in [0.2, 0.25) is 0 Å². The second-order valence-electron chi connectivity index (χ2n) is 16.8. The van der Waals surface area contributed by atoms with E-state index in [-0.39, 0.29) is 42.6 Å². The Kier molecular flexibility index (Phi) is 19.0. The van der Waals surface area contributed by atoms with Crippen LogP contribution in [-0.2, 0) is 35.0 Å². The minimum Gasteiger partial charge on any atom is -0.465 e. The van der Waals surface area contributed by atoms with E-state index in [0.29, 0.717) is 25.7 Å². The number of aliphatic hydroxyl groups excluding tert-OH is 1. The average molecular weight is 798 g/mol. The number of Topliss-reactive ketones (excluding diaryl/α,β-unsaturated/α-hetero) is 2.